The zero-order valence-electron chi connectivity index (χ0n) is 12.0. The topological polar surface area (TPSA) is 29.5 Å². The number of fused-ring (bicyclic) bond motifs is 2. The second-order valence-corrected chi connectivity index (χ2v) is 6.22. The summed E-state index contributed by atoms with van der Waals surface area (Å²) >= 11 is 0. The van der Waals surface area contributed by atoms with Gasteiger partial charge in [0, 0.05) is 11.5 Å². The number of aliphatic hydroxyl groups excluding tert-OH is 1. The van der Waals surface area contributed by atoms with Gasteiger partial charge in [0.05, 0.1) is 12.7 Å². The number of aliphatic hydroxyl groups is 1. The molecule has 108 valence electrons. The lowest BCUT2D eigenvalue weighted by atomic mass is 9.76. The molecule has 0 saturated heterocycles. The summed E-state index contributed by atoms with van der Waals surface area (Å²) in [6.07, 6.45) is 2.82. The summed E-state index contributed by atoms with van der Waals surface area (Å²) in [5, 5.41) is 10.7. The van der Waals surface area contributed by atoms with Crippen LogP contribution in [-0.2, 0) is 6.42 Å². The lowest BCUT2D eigenvalue weighted by molar-refractivity contribution is 0.0823. The maximum absolute atomic E-state index is 10.7. The number of para-hydroxylation sites is 1. The molecule has 2 aliphatic rings. The first-order chi connectivity index (χ1) is 10.3. The molecule has 21 heavy (non-hydrogen) atoms. The van der Waals surface area contributed by atoms with Crippen LogP contribution < -0.4 is 4.74 Å². The van der Waals surface area contributed by atoms with Crippen molar-refractivity contribution in [3.05, 3.63) is 65.2 Å². The molecular formula is C19H20O2. The molecule has 2 aromatic rings. The number of benzene rings is 2. The molecule has 1 N–H and O–H groups in total. The van der Waals surface area contributed by atoms with E-state index in [1.807, 2.05) is 18.2 Å². The van der Waals surface area contributed by atoms with Gasteiger partial charge in [-0.05, 0) is 42.4 Å². The average Bonchev–Trinajstić information content (AvgIpc) is 2.94. The van der Waals surface area contributed by atoms with E-state index in [1.165, 1.54) is 11.1 Å². The minimum absolute atomic E-state index is 0.331. The summed E-state index contributed by atoms with van der Waals surface area (Å²) in [5.41, 5.74) is 3.74. The third-order valence-electron chi connectivity index (χ3n) is 4.99. The second kappa shape index (κ2) is 5.19. The van der Waals surface area contributed by atoms with E-state index in [1.54, 1.807) is 0 Å². The van der Waals surface area contributed by atoms with Crippen LogP contribution in [0.2, 0.25) is 0 Å². The van der Waals surface area contributed by atoms with Crippen LogP contribution in [0, 0.1) is 5.92 Å². The highest BCUT2D eigenvalue weighted by Crippen LogP contribution is 2.43. The molecule has 3 unspecified atom stereocenters. The molecule has 0 bridgehead atoms. The molecule has 1 heterocycles. The lowest BCUT2D eigenvalue weighted by Crippen LogP contribution is -2.22. The van der Waals surface area contributed by atoms with E-state index in [2.05, 4.69) is 30.3 Å². The third kappa shape index (κ3) is 2.24. The van der Waals surface area contributed by atoms with E-state index in [9.17, 15) is 5.11 Å². The van der Waals surface area contributed by atoms with Crippen LogP contribution in [0.25, 0.3) is 0 Å². The van der Waals surface area contributed by atoms with Crippen LogP contribution in [0.1, 0.15) is 41.6 Å². The van der Waals surface area contributed by atoms with Crippen molar-refractivity contribution in [2.75, 3.05) is 6.61 Å². The Bertz CT molecular complexity index is 650. The van der Waals surface area contributed by atoms with Crippen LogP contribution in [-0.4, -0.2) is 11.7 Å². The summed E-state index contributed by atoms with van der Waals surface area (Å²) in [4.78, 5) is 0. The van der Waals surface area contributed by atoms with Gasteiger partial charge < -0.3 is 9.84 Å². The Morgan fingerprint density at radius 2 is 1.76 bits per heavy atom. The van der Waals surface area contributed by atoms with Gasteiger partial charge in [0.1, 0.15) is 5.75 Å². The van der Waals surface area contributed by atoms with E-state index in [-0.39, 0.29) is 6.10 Å². The Morgan fingerprint density at radius 1 is 1.00 bits per heavy atom. The first kappa shape index (κ1) is 12.9. The lowest BCUT2D eigenvalue weighted by Gasteiger charge is -2.31. The van der Waals surface area contributed by atoms with Gasteiger partial charge in [-0.2, -0.15) is 0 Å². The maximum atomic E-state index is 10.7. The SMILES string of the molecule is OC1c2ccccc2CCC1CC1COc2ccccc21. The molecule has 0 aromatic heterocycles. The minimum atomic E-state index is -0.331. The third-order valence-corrected chi connectivity index (χ3v) is 4.99. The molecule has 0 radical (unpaired) electrons. The van der Waals surface area contributed by atoms with Gasteiger partial charge in [-0.15, -0.1) is 0 Å². The quantitative estimate of drug-likeness (QED) is 0.905. The Morgan fingerprint density at radius 3 is 2.67 bits per heavy atom. The Hall–Kier alpha value is -1.80. The highest BCUT2D eigenvalue weighted by atomic mass is 16.5. The highest BCUT2D eigenvalue weighted by molar-refractivity contribution is 5.40. The summed E-state index contributed by atoms with van der Waals surface area (Å²) in [6, 6.07) is 16.6. The molecule has 4 rings (SSSR count). The van der Waals surface area contributed by atoms with Gasteiger partial charge in [0.25, 0.3) is 0 Å². The van der Waals surface area contributed by atoms with Gasteiger partial charge >= 0.3 is 0 Å². The molecule has 2 nitrogen and oxygen atoms in total. The fourth-order valence-electron chi connectivity index (χ4n) is 3.84. The molecule has 1 aliphatic carbocycles. The summed E-state index contributed by atoms with van der Waals surface area (Å²) < 4.78 is 5.78. The van der Waals surface area contributed by atoms with Gasteiger partial charge in [-0.25, -0.2) is 0 Å². The first-order valence-electron chi connectivity index (χ1n) is 7.80. The molecule has 0 amide bonds. The van der Waals surface area contributed by atoms with Crippen molar-refractivity contribution in [1.82, 2.24) is 0 Å². The number of aryl methyl sites for hydroxylation is 1. The van der Waals surface area contributed by atoms with Crippen molar-refractivity contribution in [1.29, 1.82) is 0 Å². The summed E-state index contributed by atoms with van der Waals surface area (Å²) in [6.45, 7) is 0.754. The van der Waals surface area contributed by atoms with E-state index >= 15 is 0 Å². The van der Waals surface area contributed by atoms with Crippen LogP contribution in [0.5, 0.6) is 5.75 Å². The Labute approximate surface area is 125 Å². The zero-order valence-corrected chi connectivity index (χ0v) is 12.0. The van der Waals surface area contributed by atoms with Gasteiger partial charge in [0.15, 0.2) is 0 Å². The average molecular weight is 280 g/mol. The molecule has 3 atom stereocenters. The largest absolute Gasteiger partial charge is 0.493 e. The van der Waals surface area contributed by atoms with Gasteiger partial charge in [0.2, 0.25) is 0 Å². The predicted octanol–water partition coefficient (Wildman–Crippen LogP) is 3.85. The molecule has 0 spiro atoms. The summed E-state index contributed by atoms with van der Waals surface area (Å²) in [5.74, 6) is 1.78. The van der Waals surface area contributed by atoms with E-state index < -0.39 is 0 Å². The van der Waals surface area contributed by atoms with E-state index in [0.717, 1.165) is 37.2 Å². The second-order valence-electron chi connectivity index (χ2n) is 6.22. The van der Waals surface area contributed by atoms with Crippen LogP contribution in [0.4, 0.5) is 0 Å². The Kier molecular flexibility index (Phi) is 3.19. The van der Waals surface area contributed by atoms with Crippen molar-refractivity contribution in [2.45, 2.75) is 31.3 Å². The number of rotatable bonds is 2. The number of hydrogen-bond donors (Lipinski definition) is 1. The normalized spacial score (nSPS) is 26.8. The van der Waals surface area contributed by atoms with E-state index in [0.29, 0.717) is 11.8 Å². The molecule has 2 heteroatoms. The van der Waals surface area contributed by atoms with E-state index in [4.69, 9.17) is 4.74 Å². The standard InChI is InChI=1S/C19H20O2/c20-19-14(10-9-13-5-1-2-7-17(13)19)11-15-12-21-18-8-4-3-6-16(15)18/h1-8,14-15,19-20H,9-12H2. The number of hydrogen-bond acceptors (Lipinski definition) is 2. The Balaban J connectivity index is 1.55. The fourth-order valence-corrected chi connectivity index (χ4v) is 3.84. The molecule has 1 aliphatic heterocycles. The van der Waals surface area contributed by atoms with Gasteiger partial charge in [-0.1, -0.05) is 42.5 Å². The van der Waals surface area contributed by atoms with Crippen molar-refractivity contribution < 1.29 is 9.84 Å². The molecule has 2 aromatic carbocycles. The zero-order chi connectivity index (χ0) is 14.2. The van der Waals surface area contributed by atoms with Crippen LogP contribution in [0.15, 0.2) is 48.5 Å². The van der Waals surface area contributed by atoms with Crippen LogP contribution >= 0.6 is 0 Å². The van der Waals surface area contributed by atoms with Crippen molar-refractivity contribution in [2.24, 2.45) is 5.92 Å². The maximum Gasteiger partial charge on any atom is 0.122 e. The monoisotopic (exact) mass is 280 g/mol. The minimum Gasteiger partial charge on any atom is -0.493 e. The molecule has 0 fully saturated rings. The summed E-state index contributed by atoms with van der Waals surface area (Å²) in [7, 11) is 0. The van der Waals surface area contributed by atoms with Gasteiger partial charge in [-0.3, -0.25) is 0 Å². The first-order valence-corrected chi connectivity index (χ1v) is 7.80. The van der Waals surface area contributed by atoms with Crippen molar-refractivity contribution >= 4 is 0 Å². The predicted molar refractivity (Wildman–Crippen MR) is 82.5 cm³/mol. The molecule has 0 saturated carbocycles. The van der Waals surface area contributed by atoms with Crippen molar-refractivity contribution in [3.8, 4) is 5.75 Å². The highest BCUT2D eigenvalue weighted by Gasteiger charge is 2.33. The molecular weight excluding hydrogens is 260 g/mol. The van der Waals surface area contributed by atoms with Crippen molar-refractivity contribution in [3.63, 3.8) is 0 Å². The van der Waals surface area contributed by atoms with Crippen LogP contribution in [0.3, 0.4) is 0 Å². The number of ether oxygens (including phenoxy) is 1. The smallest absolute Gasteiger partial charge is 0.122 e. The fraction of sp³-hybridized carbons (Fsp3) is 0.368.